The molecule has 0 aliphatic heterocycles. The summed E-state index contributed by atoms with van der Waals surface area (Å²) in [5.74, 6) is 0.555. The number of anilines is 1. The van der Waals surface area contributed by atoms with E-state index < -0.39 is 0 Å². The van der Waals surface area contributed by atoms with E-state index in [1.807, 2.05) is 24.3 Å². The third kappa shape index (κ3) is 4.36. The SMILES string of the molecule is O=C(CCl)Nc1cccc(COCC2CC2)c1. The van der Waals surface area contributed by atoms with Crippen LogP contribution in [0.1, 0.15) is 18.4 Å². The lowest BCUT2D eigenvalue weighted by atomic mass is 10.2. The van der Waals surface area contributed by atoms with E-state index in [-0.39, 0.29) is 11.8 Å². The molecule has 1 amide bonds. The maximum absolute atomic E-state index is 11.1. The second-order valence-corrected chi connectivity index (χ2v) is 4.61. The standard InChI is InChI=1S/C13H16ClNO2/c14-7-13(16)15-12-3-1-2-11(6-12)9-17-8-10-4-5-10/h1-3,6,10H,4-5,7-9H2,(H,15,16). The number of benzene rings is 1. The van der Waals surface area contributed by atoms with Crippen molar-refractivity contribution in [2.24, 2.45) is 5.92 Å². The summed E-state index contributed by atoms with van der Waals surface area (Å²) in [6.07, 6.45) is 2.59. The molecule has 1 N–H and O–H groups in total. The fourth-order valence-electron chi connectivity index (χ4n) is 1.56. The normalized spacial score (nSPS) is 14.6. The molecule has 2 rings (SSSR count). The second kappa shape index (κ2) is 6.03. The Kier molecular flexibility index (Phi) is 4.40. The van der Waals surface area contributed by atoms with Crippen molar-refractivity contribution >= 4 is 23.2 Å². The number of hydrogen-bond acceptors (Lipinski definition) is 2. The molecule has 1 aliphatic carbocycles. The Morgan fingerprint density at radius 3 is 3.00 bits per heavy atom. The number of hydrogen-bond donors (Lipinski definition) is 1. The van der Waals surface area contributed by atoms with Gasteiger partial charge in [-0.2, -0.15) is 0 Å². The first-order valence-electron chi connectivity index (χ1n) is 5.80. The molecule has 0 saturated heterocycles. The van der Waals surface area contributed by atoms with E-state index in [1.165, 1.54) is 12.8 Å². The highest BCUT2D eigenvalue weighted by Crippen LogP contribution is 2.29. The lowest BCUT2D eigenvalue weighted by Gasteiger charge is -2.07. The van der Waals surface area contributed by atoms with Crippen LogP contribution in [0, 0.1) is 5.92 Å². The molecule has 0 radical (unpaired) electrons. The van der Waals surface area contributed by atoms with Crippen LogP contribution in [-0.4, -0.2) is 18.4 Å². The van der Waals surface area contributed by atoms with Gasteiger partial charge >= 0.3 is 0 Å². The van der Waals surface area contributed by atoms with E-state index in [2.05, 4.69) is 5.32 Å². The van der Waals surface area contributed by atoms with Crippen molar-refractivity contribution in [2.45, 2.75) is 19.4 Å². The van der Waals surface area contributed by atoms with E-state index in [4.69, 9.17) is 16.3 Å². The predicted octanol–water partition coefficient (Wildman–Crippen LogP) is 2.79. The van der Waals surface area contributed by atoms with Gasteiger partial charge in [-0.15, -0.1) is 11.6 Å². The van der Waals surface area contributed by atoms with Crippen LogP contribution >= 0.6 is 11.6 Å². The summed E-state index contributed by atoms with van der Waals surface area (Å²) in [5, 5.41) is 2.72. The van der Waals surface area contributed by atoms with Gasteiger partial charge < -0.3 is 10.1 Å². The highest BCUT2D eigenvalue weighted by atomic mass is 35.5. The van der Waals surface area contributed by atoms with Crippen LogP contribution < -0.4 is 5.32 Å². The molecule has 92 valence electrons. The molecule has 1 aliphatic rings. The summed E-state index contributed by atoms with van der Waals surface area (Å²) in [4.78, 5) is 11.1. The third-order valence-electron chi connectivity index (χ3n) is 2.65. The smallest absolute Gasteiger partial charge is 0.239 e. The van der Waals surface area contributed by atoms with Crippen LogP contribution in [0.3, 0.4) is 0 Å². The molecular weight excluding hydrogens is 238 g/mol. The number of rotatable bonds is 6. The monoisotopic (exact) mass is 253 g/mol. The first kappa shape index (κ1) is 12.4. The number of amides is 1. The molecule has 0 atom stereocenters. The molecule has 0 bridgehead atoms. The van der Waals surface area contributed by atoms with Crippen LogP contribution in [0.4, 0.5) is 5.69 Å². The highest BCUT2D eigenvalue weighted by molar-refractivity contribution is 6.29. The van der Waals surface area contributed by atoms with Gasteiger partial charge in [0.15, 0.2) is 0 Å². The highest BCUT2D eigenvalue weighted by Gasteiger charge is 2.20. The Morgan fingerprint density at radius 2 is 2.29 bits per heavy atom. The van der Waals surface area contributed by atoms with Gasteiger partial charge in [0, 0.05) is 12.3 Å². The van der Waals surface area contributed by atoms with Crippen LogP contribution in [0.5, 0.6) is 0 Å². The van der Waals surface area contributed by atoms with Gasteiger partial charge in [-0.25, -0.2) is 0 Å². The zero-order valence-electron chi connectivity index (χ0n) is 9.62. The molecule has 0 heterocycles. The zero-order valence-corrected chi connectivity index (χ0v) is 10.4. The fourth-order valence-corrected chi connectivity index (χ4v) is 1.63. The molecule has 1 aromatic carbocycles. The Bertz CT molecular complexity index is 391. The van der Waals surface area contributed by atoms with Gasteiger partial charge in [-0.1, -0.05) is 12.1 Å². The lowest BCUT2D eigenvalue weighted by molar-refractivity contribution is -0.113. The quantitative estimate of drug-likeness (QED) is 0.792. The molecule has 4 heteroatoms. The molecule has 0 spiro atoms. The number of alkyl halides is 1. The molecule has 0 unspecified atom stereocenters. The second-order valence-electron chi connectivity index (χ2n) is 4.34. The first-order valence-corrected chi connectivity index (χ1v) is 6.34. The Hall–Kier alpha value is -1.06. The van der Waals surface area contributed by atoms with Crippen molar-refractivity contribution < 1.29 is 9.53 Å². The van der Waals surface area contributed by atoms with Crippen LogP contribution in [0.25, 0.3) is 0 Å². The average molecular weight is 254 g/mol. The van der Waals surface area contributed by atoms with Gasteiger partial charge in [0.2, 0.25) is 5.91 Å². The molecule has 1 aromatic rings. The van der Waals surface area contributed by atoms with Crippen LogP contribution in [0.15, 0.2) is 24.3 Å². The van der Waals surface area contributed by atoms with Crippen molar-refractivity contribution in [2.75, 3.05) is 17.8 Å². The van der Waals surface area contributed by atoms with Crippen molar-refractivity contribution in [1.29, 1.82) is 0 Å². The number of ether oxygens (including phenoxy) is 1. The minimum atomic E-state index is -0.192. The molecule has 3 nitrogen and oxygen atoms in total. The van der Waals surface area contributed by atoms with Gasteiger partial charge in [-0.05, 0) is 36.5 Å². The Labute approximate surface area is 106 Å². The number of nitrogens with one attached hydrogen (secondary N) is 1. The number of carbonyl (C=O) groups excluding carboxylic acids is 1. The molecule has 0 aromatic heterocycles. The van der Waals surface area contributed by atoms with E-state index in [0.717, 1.165) is 23.8 Å². The largest absolute Gasteiger partial charge is 0.376 e. The maximum atomic E-state index is 11.1. The Balaban J connectivity index is 1.83. The van der Waals surface area contributed by atoms with Gasteiger partial charge in [0.05, 0.1) is 6.61 Å². The predicted molar refractivity (Wildman–Crippen MR) is 68.2 cm³/mol. The van der Waals surface area contributed by atoms with E-state index in [0.29, 0.717) is 6.61 Å². The van der Waals surface area contributed by atoms with Crippen molar-refractivity contribution in [1.82, 2.24) is 0 Å². The fraction of sp³-hybridized carbons (Fsp3) is 0.462. The van der Waals surface area contributed by atoms with Gasteiger partial charge in [0.1, 0.15) is 5.88 Å². The summed E-state index contributed by atoms with van der Waals surface area (Å²) in [6, 6.07) is 7.65. The molecule has 17 heavy (non-hydrogen) atoms. The van der Waals surface area contributed by atoms with Crippen molar-refractivity contribution in [3.8, 4) is 0 Å². The minimum absolute atomic E-state index is 0.0254. The summed E-state index contributed by atoms with van der Waals surface area (Å²) < 4.78 is 5.59. The molecule has 1 saturated carbocycles. The van der Waals surface area contributed by atoms with Gasteiger partial charge in [0.25, 0.3) is 0 Å². The zero-order chi connectivity index (χ0) is 12.1. The van der Waals surface area contributed by atoms with Crippen molar-refractivity contribution in [3.05, 3.63) is 29.8 Å². The Morgan fingerprint density at radius 1 is 1.47 bits per heavy atom. The molecular formula is C13H16ClNO2. The van der Waals surface area contributed by atoms with E-state index in [9.17, 15) is 4.79 Å². The van der Waals surface area contributed by atoms with Gasteiger partial charge in [-0.3, -0.25) is 4.79 Å². The minimum Gasteiger partial charge on any atom is -0.376 e. The van der Waals surface area contributed by atoms with Crippen molar-refractivity contribution in [3.63, 3.8) is 0 Å². The van der Waals surface area contributed by atoms with E-state index in [1.54, 1.807) is 0 Å². The number of carbonyl (C=O) groups is 1. The summed E-state index contributed by atoms with van der Waals surface area (Å²) >= 11 is 5.43. The van der Waals surface area contributed by atoms with Crippen LogP contribution in [0.2, 0.25) is 0 Å². The van der Waals surface area contributed by atoms with E-state index >= 15 is 0 Å². The summed E-state index contributed by atoms with van der Waals surface area (Å²) in [7, 11) is 0. The first-order chi connectivity index (χ1) is 8.28. The molecule has 1 fully saturated rings. The van der Waals surface area contributed by atoms with Crippen LogP contribution in [-0.2, 0) is 16.1 Å². The number of halogens is 1. The summed E-state index contributed by atoms with van der Waals surface area (Å²) in [6.45, 7) is 1.44. The maximum Gasteiger partial charge on any atom is 0.239 e. The third-order valence-corrected chi connectivity index (χ3v) is 2.89. The topological polar surface area (TPSA) is 38.3 Å². The lowest BCUT2D eigenvalue weighted by Crippen LogP contribution is -2.12. The summed E-state index contributed by atoms with van der Waals surface area (Å²) in [5.41, 5.74) is 1.83. The average Bonchev–Trinajstić information content (AvgIpc) is 3.13.